The second-order valence-corrected chi connectivity index (χ2v) is 10.1. The average Bonchev–Trinajstić information content (AvgIpc) is 3.28. The molecule has 1 amide bonds. The lowest BCUT2D eigenvalue weighted by Gasteiger charge is -2.29. The molecule has 2 aliphatic carbocycles. The Morgan fingerprint density at radius 3 is 2.93 bits per heavy atom. The van der Waals surface area contributed by atoms with Crippen LogP contribution < -0.4 is 10.9 Å². The van der Waals surface area contributed by atoms with Crippen molar-refractivity contribution in [3.05, 3.63) is 20.8 Å². The predicted octanol–water partition coefficient (Wildman–Crippen LogP) is 3.38. The summed E-state index contributed by atoms with van der Waals surface area (Å²) in [5.41, 5.74) is 1.20. The maximum atomic E-state index is 13.2. The monoisotopic (exact) mass is 435 g/mol. The van der Waals surface area contributed by atoms with Crippen LogP contribution in [0.5, 0.6) is 0 Å². The zero-order valence-electron chi connectivity index (χ0n) is 17.2. The topological polar surface area (TPSA) is 73.2 Å². The Kier molecular flexibility index (Phi) is 6.61. The van der Waals surface area contributed by atoms with Gasteiger partial charge in [0.05, 0.1) is 24.3 Å². The van der Waals surface area contributed by atoms with Gasteiger partial charge in [-0.2, -0.15) is 0 Å². The Hall–Kier alpha value is -1.38. The van der Waals surface area contributed by atoms with Gasteiger partial charge in [-0.25, -0.2) is 4.98 Å². The summed E-state index contributed by atoms with van der Waals surface area (Å²) in [5.74, 6) is 0.829. The van der Waals surface area contributed by atoms with Crippen molar-refractivity contribution in [2.75, 3.05) is 19.5 Å². The summed E-state index contributed by atoms with van der Waals surface area (Å²) >= 11 is 3.00. The highest BCUT2D eigenvalue weighted by Crippen LogP contribution is 2.35. The number of aromatic nitrogens is 2. The molecule has 2 aromatic rings. The highest BCUT2D eigenvalue weighted by molar-refractivity contribution is 7.99. The Bertz CT molecular complexity index is 953. The quantitative estimate of drug-likeness (QED) is 0.533. The molecule has 2 atom stereocenters. The molecule has 0 saturated heterocycles. The minimum Gasteiger partial charge on any atom is -0.383 e. The highest BCUT2D eigenvalue weighted by Gasteiger charge is 2.25. The number of amides is 1. The van der Waals surface area contributed by atoms with Gasteiger partial charge in [0.1, 0.15) is 4.83 Å². The van der Waals surface area contributed by atoms with Gasteiger partial charge in [-0.1, -0.05) is 31.5 Å². The van der Waals surface area contributed by atoms with Crippen LogP contribution in [0.15, 0.2) is 9.95 Å². The standard InChI is InChI=1S/C21H29N3O3S2/c1-13-6-3-4-8-15(13)22-17(25)12-28-21-23-19-18(14-7-5-9-16(14)29-19)20(26)24(21)10-11-27-2/h13,15H,3-12H2,1-2H3,(H,22,25)/t13-,15+/m0/s1. The van der Waals surface area contributed by atoms with Crippen LogP contribution in [-0.4, -0.2) is 41.0 Å². The number of hydrogen-bond acceptors (Lipinski definition) is 6. The molecular formula is C21H29N3O3S2. The zero-order valence-corrected chi connectivity index (χ0v) is 18.8. The van der Waals surface area contributed by atoms with Crippen molar-refractivity contribution in [1.29, 1.82) is 0 Å². The number of nitrogens with one attached hydrogen (secondary N) is 1. The molecule has 2 heterocycles. The molecule has 1 fully saturated rings. The summed E-state index contributed by atoms with van der Waals surface area (Å²) in [4.78, 5) is 32.7. The molecule has 0 bridgehead atoms. The van der Waals surface area contributed by atoms with Crippen molar-refractivity contribution in [2.45, 2.75) is 69.6 Å². The van der Waals surface area contributed by atoms with E-state index in [0.29, 0.717) is 24.2 Å². The number of hydrogen-bond donors (Lipinski definition) is 1. The predicted molar refractivity (Wildman–Crippen MR) is 118 cm³/mol. The summed E-state index contributed by atoms with van der Waals surface area (Å²) in [7, 11) is 1.63. The lowest BCUT2D eigenvalue weighted by atomic mass is 9.86. The van der Waals surface area contributed by atoms with E-state index >= 15 is 0 Å². The zero-order chi connectivity index (χ0) is 20.4. The number of thioether (sulfide) groups is 1. The number of carbonyl (C=O) groups is 1. The summed E-state index contributed by atoms with van der Waals surface area (Å²) < 4.78 is 6.90. The number of carbonyl (C=O) groups excluding carboxylic acids is 1. The molecular weight excluding hydrogens is 406 g/mol. The van der Waals surface area contributed by atoms with Crippen molar-refractivity contribution >= 4 is 39.2 Å². The maximum Gasteiger partial charge on any atom is 0.263 e. The van der Waals surface area contributed by atoms with E-state index in [-0.39, 0.29) is 23.3 Å². The minimum absolute atomic E-state index is 0.00950. The Morgan fingerprint density at radius 1 is 1.31 bits per heavy atom. The van der Waals surface area contributed by atoms with Crippen LogP contribution in [0.1, 0.15) is 49.5 Å². The second-order valence-electron chi connectivity index (χ2n) is 8.11. The third kappa shape index (κ3) is 4.39. The second kappa shape index (κ2) is 9.18. The summed E-state index contributed by atoms with van der Waals surface area (Å²) in [6.45, 7) is 3.11. The van der Waals surface area contributed by atoms with Crippen molar-refractivity contribution in [2.24, 2.45) is 5.92 Å². The van der Waals surface area contributed by atoms with Gasteiger partial charge in [-0.3, -0.25) is 14.2 Å². The van der Waals surface area contributed by atoms with E-state index in [0.717, 1.165) is 35.9 Å². The van der Waals surface area contributed by atoms with Gasteiger partial charge in [-0.05, 0) is 43.6 Å². The van der Waals surface area contributed by atoms with Gasteiger partial charge < -0.3 is 10.1 Å². The Balaban J connectivity index is 1.54. The number of methoxy groups -OCH3 is 1. The molecule has 0 aromatic carbocycles. The third-order valence-electron chi connectivity index (χ3n) is 6.10. The van der Waals surface area contributed by atoms with Crippen molar-refractivity contribution in [3.63, 3.8) is 0 Å². The first-order valence-corrected chi connectivity index (χ1v) is 12.3. The fraction of sp³-hybridized carbons (Fsp3) is 0.667. The third-order valence-corrected chi connectivity index (χ3v) is 8.26. The van der Waals surface area contributed by atoms with E-state index in [1.165, 1.54) is 41.5 Å². The lowest BCUT2D eigenvalue weighted by molar-refractivity contribution is -0.119. The van der Waals surface area contributed by atoms with Crippen molar-refractivity contribution in [1.82, 2.24) is 14.9 Å². The van der Waals surface area contributed by atoms with E-state index in [4.69, 9.17) is 9.72 Å². The molecule has 1 N–H and O–H groups in total. The highest BCUT2D eigenvalue weighted by atomic mass is 32.2. The largest absolute Gasteiger partial charge is 0.383 e. The smallest absolute Gasteiger partial charge is 0.263 e. The van der Waals surface area contributed by atoms with Gasteiger partial charge in [0.2, 0.25) is 5.91 Å². The van der Waals surface area contributed by atoms with E-state index in [9.17, 15) is 9.59 Å². The van der Waals surface area contributed by atoms with Gasteiger partial charge in [0, 0.05) is 18.0 Å². The van der Waals surface area contributed by atoms with Crippen LogP contribution in [0.4, 0.5) is 0 Å². The molecule has 1 saturated carbocycles. The first-order chi connectivity index (χ1) is 14.1. The summed E-state index contributed by atoms with van der Waals surface area (Å²) in [5, 5.41) is 4.59. The molecule has 8 heteroatoms. The fourth-order valence-electron chi connectivity index (χ4n) is 4.46. The molecule has 158 valence electrons. The molecule has 4 rings (SSSR count). The molecule has 0 spiro atoms. The first kappa shape index (κ1) is 20.9. The number of aryl methyl sites for hydroxylation is 2. The van der Waals surface area contributed by atoms with E-state index < -0.39 is 0 Å². The normalized spacial score (nSPS) is 21.4. The number of fused-ring (bicyclic) bond motifs is 3. The number of nitrogens with zero attached hydrogens (tertiary/aromatic N) is 2. The minimum atomic E-state index is 0.00950. The van der Waals surface area contributed by atoms with Crippen molar-refractivity contribution < 1.29 is 9.53 Å². The molecule has 0 radical (unpaired) electrons. The van der Waals surface area contributed by atoms with Crippen LogP contribution in [0.3, 0.4) is 0 Å². The SMILES string of the molecule is COCCn1c(SCC(=O)N[C@@H]2CCCC[C@@H]2C)nc2sc3c(c2c1=O)CCC3. The first-order valence-electron chi connectivity index (χ1n) is 10.5. The van der Waals surface area contributed by atoms with Crippen LogP contribution in [0, 0.1) is 5.92 Å². The van der Waals surface area contributed by atoms with Crippen LogP contribution in [0.25, 0.3) is 10.2 Å². The molecule has 2 aliphatic rings. The maximum absolute atomic E-state index is 13.2. The van der Waals surface area contributed by atoms with Gasteiger partial charge in [0.15, 0.2) is 5.16 Å². The van der Waals surface area contributed by atoms with E-state index in [2.05, 4.69) is 12.2 Å². The number of rotatable bonds is 7. The Morgan fingerprint density at radius 2 is 2.14 bits per heavy atom. The van der Waals surface area contributed by atoms with Gasteiger partial charge in [-0.15, -0.1) is 11.3 Å². The molecule has 0 aliphatic heterocycles. The van der Waals surface area contributed by atoms with Crippen LogP contribution in [-0.2, 0) is 28.9 Å². The van der Waals surface area contributed by atoms with Crippen molar-refractivity contribution in [3.8, 4) is 0 Å². The van der Waals surface area contributed by atoms with Gasteiger partial charge >= 0.3 is 0 Å². The number of ether oxygens (including phenoxy) is 1. The van der Waals surface area contributed by atoms with E-state index in [1.54, 1.807) is 23.0 Å². The molecule has 29 heavy (non-hydrogen) atoms. The summed E-state index contributed by atoms with van der Waals surface area (Å²) in [6.07, 6.45) is 7.79. The van der Waals surface area contributed by atoms with Gasteiger partial charge in [0.25, 0.3) is 5.56 Å². The number of thiophene rings is 1. The average molecular weight is 436 g/mol. The van der Waals surface area contributed by atoms with E-state index in [1.807, 2.05) is 0 Å². The van der Waals surface area contributed by atoms with Crippen LogP contribution >= 0.6 is 23.1 Å². The molecule has 6 nitrogen and oxygen atoms in total. The lowest BCUT2D eigenvalue weighted by Crippen LogP contribution is -2.42. The summed E-state index contributed by atoms with van der Waals surface area (Å²) in [6, 6.07) is 0.267. The molecule has 2 aromatic heterocycles. The molecule has 0 unspecified atom stereocenters. The fourth-order valence-corrected chi connectivity index (χ4v) is 6.60. The Labute approximate surface area is 179 Å². The van der Waals surface area contributed by atoms with Crippen LogP contribution in [0.2, 0.25) is 0 Å².